The molecule has 1 aliphatic heterocycles. The molecule has 0 radical (unpaired) electrons. The number of anilines is 1. The first-order valence-electron chi connectivity index (χ1n) is 11.0. The molecule has 4 rings (SSSR count). The van der Waals surface area contributed by atoms with Crippen LogP contribution < -0.4 is 15.6 Å². The molecule has 0 saturated heterocycles. The Morgan fingerprint density at radius 1 is 1.08 bits per heavy atom. The number of rotatable bonds is 7. The van der Waals surface area contributed by atoms with Gasteiger partial charge in [0.25, 0.3) is 0 Å². The van der Waals surface area contributed by atoms with Crippen LogP contribution in [0.1, 0.15) is 27.8 Å². The predicted molar refractivity (Wildman–Crippen MR) is 133 cm³/mol. The van der Waals surface area contributed by atoms with Crippen molar-refractivity contribution in [3.05, 3.63) is 94.5 Å². The van der Waals surface area contributed by atoms with Gasteiger partial charge < -0.3 is 14.2 Å². The molecule has 0 aromatic heterocycles. The minimum Gasteiger partial charge on any atom is -0.495 e. The molecule has 0 bridgehead atoms. The first-order valence-corrected chi connectivity index (χ1v) is 11.0. The van der Waals surface area contributed by atoms with Crippen LogP contribution in [0.2, 0.25) is 0 Å². The summed E-state index contributed by atoms with van der Waals surface area (Å²) in [7, 11) is 2.73. The topological polar surface area (TPSA) is 122 Å². The van der Waals surface area contributed by atoms with Crippen LogP contribution in [0.3, 0.4) is 0 Å². The number of aryl methyl sites for hydroxylation is 1. The summed E-state index contributed by atoms with van der Waals surface area (Å²) in [4.78, 5) is 29.8. The standard InChI is InChI=1S/C27H24N4O5/c1-17-4-10-20(11-5-17)24-29-27(25(32)36-24,15-18-6-8-19(16-28)9-7-18)21-12-13-22(23(14-21)34-2)30-31-26(33)35-3/h4-14,30H,15H2,1-3H3,(H,31,33)/t27-/m1/s1. The van der Waals surface area contributed by atoms with Gasteiger partial charge in [-0.2, -0.15) is 5.26 Å². The Labute approximate surface area is 208 Å². The number of carbonyl (C=O) groups excluding carboxylic acids is 2. The summed E-state index contributed by atoms with van der Waals surface area (Å²) in [6.07, 6.45) is -0.478. The van der Waals surface area contributed by atoms with Crippen molar-refractivity contribution in [2.75, 3.05) is 19.6 Å². The van der Waals surface area contributed by atoms with E-state index in [2.05, 4.69) is 21.7 Å². The largest absolute Gasteiger partial charge is 0.495 e. The Balaban J connectivity index is 1.79. The van der Waals surface area contributed by atoms with Gasteiger partial charge in [0.15, 0.2) is 5.54 Å². The molecule has 0 saturated carbocycles. The molecule has 3 aromatic carbocycles. The van der Waals surface area contributed by atoms with Crippen LogP contribution in [-0.4, -0.2) is 32.2 Å². The highest BCUT2D eigenvalue weighted by Gasteiger charge is 2.48. The number of methoxy groups -OCH3 is 2. The maximum atomic E-state index is 13.5. The fraction of sp³-hybridized carbons (Fsp3) is 0.185. The van der Waals surface area contributed by atoms with Gasteiger partial charge >= 0.3 is 12.1 Å². The number of nitrogens with one attached hydrogen (secondary N) is 2. The second kappa shape index (κ2) is 10.2. The number of aliphatic imine (C=N–C) groups is 1. The van der Waals surface area contributed by atoms with Crippen molar-refractivity contribution in [3.63, 3.8) is 0 Å². The van der Waals surface area contributed by atoms with Gasteiger partial charge in [0.1, 0.15) is 5.75 Å². The zero-order valence-corrected chi connectivity index (χ0v) is 20.0. The number of nitrogens with zero attached hydrogens (tertiary/aromatic N) is 2. The molecule has 9 nitrogen and oxygen atoms in total. The smallest absolute Gasteiger partial charge is 0.425 e. The Morgan fingerprint density at radius 2 is 1.81 bits per heavy atom. The van der Waals surface area contributed by atoms with Crippen molar-refractivity contribution in [2.45, 2.75) is 18.9 Å². The lowest BCUT2D eigenvalue weighted by Crippen LogP contribution is -2.34. The lowest BCUT2D eigenvalue weighted by atomic mass is 9.84. The number of carbonyl (C=O) groups is 2. The number of nitriles is 1. The summed E-state index contributed by atoms with van der Waals surface area (Å²) in [5.41, 5.74) is 7.77. The highest BCUT2D eigenvalue weighted by molar-refractivity contribution is 6.08. The lowest BCUT2D eigenvalue weighted by molar-refractivity contribution is -0.139. The van der Waals surface area contributed by atoms with Crippen molar-refractivity contribution in [3.8, 4) is 11.8 Å². The van der Waals surface area contributed by atoms with Crippen molar-refractivity contribution in [1.82, 2.24) is 5.43 Å². The molecule has 1 heterocycles. The maximum Gasteiger partial charge on any atom is 0.425 e. The third-order valence-corrected chi connectivity index (χ3v) is 5.82. The third kappa shape index (κ3) is 4.83. The molecule has 0 spiro atoms. The highest BCUT2D eigenvalue weighted by Crippen LogP contribution is 2.40. The summed E-state index contributed by atoms with van der Waals surface area (Å²) in [5.74, 6) is 0.0648. The normalized spacial score (nSPS) is 16.4. The van der Waals surface area contributed by atoms with E-state index in [1.165, 1.54) is 14.2 Å². The molecular weight excluding hydrogens is 460 g/mol. The Bertz CT molecular complexity index is 1360. The van der Waals surface area contributed by atoms with Crippen molar-refractivity contribution < 1.29 is 23.8 Å². The van der Waals surface area contributed by atoms with Gasteiger partial charge in [0.05, 0.1) is 31.5 Å². The number of esters is 1. The summed E-state index contributed by atoms with van der Waals surface area (Å²) < 4.78 is 15.8. The molecule has 1 amide bonds. The van der Waals surface area contributed by atoms with E-state index in [0.717, 1.165) is 11.1 Å². The first kappa shape index (κ1) is 24.3. The molecule has 1 atom stereocenters. The first-order chi connectivity index (χ1) is 17.4. The van der Waals surface area contributed by atoms with E-state index in [1.807, 2.05) is 31.2 Å². The van der Waals surface area contributed by atoms with Crippen LogP contribution in [0, 0.1) is 18.3 Å². The van der Waals surface area contributed by atoms with Gasteiger partial charge in [-0.25, -0.2) is 20.0 Å². The second-order valence-electron chi connectivity index (χ2n) is 8.17. The summed E-state index contributed by atoms with van der Waals surface area (Å²) in [5, 5.41) is 9.14. The van der Waals surface area contributed by atoms with Gasteiger partial charge in [0, 0.05) is 12.0 Å². The average molecular weight is 485 g/mol. The summed E-state index contributed by atoms with van der Waals surface area (Å²) >= 11 is 0. The lowest BCUT2D eigenvalue weighted by Gasteiger charge is -2.24. The van der Waals surface area contributed by atoms with Gasteiger partial charge in [-0.05, 0) is 54.4 Å². The predicted octanol–water partition coefficient (Wildman–Crippen LogP) is 4.00. The van der Waals surface area contributed by atoms with Crippen LogP contribution in [0.5, 0.6) is 5.75 Å². The van der Waals surface area contributed by atoms with Crippen LogP contribution in [-0.2, 0) is 26.2 Å². The Morgan fingerprint density at radius 3 is 2.44 bits per heavy atom. The molecule has 0 unspecified atom stereocenters. The number of hydrogen-bond acceptors (Lipinski definition) is 8. The number of benzene rings is 3. The number of amides is 1. The molecule has 1 aliphatic rings. The quantitative estimate of drug-likeness (QED) is 0.384. The number of hydrogen-bond donors (Lipinski definition) is 2. The second-order valence-corrected chi connectivity index (χ2v) is 8.17. The van der Waals surface area contributed by atoms with E-state index in [-0.39, 0.29) is 12.3 Å². The molecule has 2 N–H and O–H groups in total. The number of cyclic esters (lactones) is 1. The van der Waals surface area contributed by atoms with E-state index >= 15 is 0 Å². The molecule has 36 heavy (non-hydrogen) atoms. The van der Waals surface area contributed by atoms with Gasteiger partial charge in [-0.15, -0.1) is 0 Å². The van der Waals surface area contributed by atoms with Gasteiger partial charge in [0.2, 0.25) is 5.90 Å². The molecule has 3 aromatic rings. The Hall–Kier alpha value is -4.84. The zero-order valence-electron chi connectivity index (χ0n) is 20.0. The molecule has 0 fully saturated rings. The van der Waals surface area contributed by atoms with E-state index in [4.69, 9.17) is 19.7 Å². The van der Waals surface area contributed by atoms with E-state index in [9.17, 15) is 9.59 Å². The van der Waals surface area contributed by atoms with Crippen LogP contribution >= 0.6 is 0 Å². The monoisotopic (exact) mass is 484 g/mol. The summed E-state index contributed by atoms with van der Waals surface area (Å²) in [6.45, 7) is 1.97. The van der Waals surface area contributed by atoms with Crippen molar-refractivity contribution >= 4 is 23.6 Å². The molecule has 9 heteroatoms. The molecular formula is C27H24N4O5. The molecule has 182 valence electrons. The Kier molecular flexibility index (Phi) is 6.88. The average Bonchev–Trinajstić information content (AvgIpc) is 3.24. The van der Waals surface area contributed by atoms with Crippen molar-refractivity contribution in [2.24, 2.45) is 4.99 Å². The highest BCUT2D eigenvalue weighted by atomic mass is 16.6. The fourth-order valence-corrected chi connectivity index (χ4v) is 3.84. The van der Waals surface area contributed by atoms with Gasteiger partial charge in [-0.3, -0.25) is 5.43 Å². The number of ether oxygens (including phenoxy) is 3. The SMILES string of the molecule is COC(=O)NNc1ccc([C@@]2(Cc3ccc(C#N)cc3)N=C(c3ccc(C)cc3)OC2=O)cc1OC. The minimum atomic E-state index is -1.39. The van der Waals surface area contributed by atoms with E-state index < -0.39 is 17.6 Å². The van der Waals surface area contributed by atoms with Crippen LogP contribution in [0.15, 0.2) is 71.7 Å². The van der Waals surface area contributed by atoms with Crippen molar-refractivity contribution in [1.29, 1.82) is 5.26 Å². The fourth-order valence-electron chi connectivity index (χ4n) is 3.84. The third-order valence-electron chi connectivity index (χ3n) is 5.82. The minimum absolute atomic E-state index is 0.198. The molecule has 0 aliphatic carbocycles. The van der Waals surface area contributed by atoms with Crippen LogP contribution in [0.4, 0.5) is 10.5 Å². The zero-order chi connectivity index (χ0) is 25.7. The number of hydrazine groups is 1. The van der Waals surface area contributed by atoms with Gasteiger partial charge in [-0.1, -0.05) is 35.9 Å². The summed E-state index contributed by atoms with van der Waals surface area (Å²) in [6, 6.07) is 21.7. The van der Waals surface area contributed by atoms with E-state index in [1.54, 1.807) is 42.5 Å². The van der Waals surface area contributed by atoms with Crippen LogP contribution in [0.25, 0.3) is 0 Å². The van der Waals surface area contributed by atoms with E-state index in [0.29, 0.717) is 28.1 Å². The maximum absolute atomic E-state index is 13.5.